The number of rotatable bonds is 14. The zero-order valence-electron chi connectivity index (χ0n) is 34.1. The minimum Gasteiger partial charge on any atom is -0.370 e. The van der Waals surface area contributed by atoms with Crippen LogP contribution >= 0.6 is 12.6 Å². The van der Waals surface area contributed by atoms with Crippen molar-refractivity contribution in [1.82, 2.24) is 15.1 Å². The summed E-state index contributed by atoms with van der Waals surface area (Å²) in [6.07, 6.45) is 7.76. The van der Waals surface area contributed by atoms with Crippen molar-refractivity contribution in [3.05, 3.63) is 40.5 Å². The molecule has 2 aliphatic heterocycles. The number of nitrogens with zero attached hydrogens (tertiary/aromatic N) is 5. The van der Waals surface area contributed by atoms with Gasteiger partial charge in [0.2, 0.25) is 11.8 Å². The fourth-order valence-corrected chi connectivity index (χ4v) is 7.56. The zero-order chi connectivity index (χ0) is 40.0. The quantitative estimate of drug-likeness (QED) is 0.0778. The average molecular weight is 757 g/mol. The Morgan fingerprint density at radius 1 is 1.15 bits per heavy atom. The molecule has 1 aromatic carbocycles. The number of imide groups is 1. The van der Waals surface area contributed by atoms with Crippen molar-refractivity contribution in [2.75, 3.05) is 28.6 Å². The van der Waals surface area contributed by atoms with E-state index in [9.17, 15) is 18.8 Å². The van der Waals surface area contributed by atoms with E-state index in [0.717, 1.165) is 61.3 Å². The molecule has 0 saturated heterocycles. The van der Waals surface area contributed by atoms with Crippen LogP contribution in [0.4, 0.5) is 20.7 Å². The number of hydrogen-bond acceptors (Lipinski definition) is 6. The van der Waals surface area contributed by atoms with Gasteiger partial charge in [-0.3, -0.25) is 24.5 Å². The molecule has 4 amide bonds. The first-order valence-corrected chi connectivity index (χ1v) is 20.2. The third-order valence-corrected chi connectivity index (χ3v) is 11.0. The first kappa shape index (κ1) is 45.5. The number of anilines is 2. The standard InChI is InChI=1S/C37H55FN6O2S.C2H5NO.C2H6/c1-9-12-13-16-29-26(6)31(18-24(4)25(5)23-47)41(7)36(29)44-17-14-15-27-19-30(28(22-38)20-32(27)44)33-21-34(40-42(33)8)43(11-3)37(46)39-35(45)10-2;1-2(3)4;1-2/h19-21,24-25,31,36H,7,9-18,22-23H2,1-6,8H3,(H-,39,45,46,47);1H3,(H2,3,4);1-2H3/p+1. The predicted molar refractivity (Wildman–Crippen MR) is 221 cm³/mol. The van der Waals surface area contributed by atoms with E-state index in [4.69, 9.17) is 0 Å². The maximum absolute atomic E-state index is 15.0. The number of thiol groups is 1. The van der Waals surface area contributed by atoms with Gasteiger partial charge in [-0.25, -0.2) is 13.8 Å². The van der Waals surface area contributed by atoms with Crippen molar-refractivity contribution in [2.24, 2.45) is 24.6 Å². The number of unbranched alkanes of at least 4 members (excludes halogenated alkanes) is 2. The van der Waals surface area contributed by atoms with E-state index >= 15 is 0 Å². The summed E-state index contributed by atoms with van der Waals surface area (Å²) in [5.41, 5.74) is 11.7. The molecule has 10 nitrogen and oxygen atoms in total. The van der Waals surface area contributed by atoms with Crippen LogP contribution in [0.3, 0.4) is 0 Å². The van der Waals surface area contributed by atoms with Gasteiger partial charge in [-0.2, -0.15) is 17.7 Å². The minimum atomic E-state index is -0.626. The number of nitrogens with two attached hydrogens (primary N) is 1. The molecule has 1 aromatic heterocycles. The normalized spacial score (nSPS) is 17.6. The number of carbonyl (C=O) groups excluding carboxylic acids is 3. The lowest BCUT2D eigenvalue weighted by Gasteiger charge is -2.36. The lowest BCUT2D eigenvalue weighted by atomic mass is 9.88. The Morgan fingerprint density at radius 3 is 2.38 bits per heavy atom. The van der Waals surface area contributed by atoms with Crippen molar-refractivity contribution >= 4 is 48.7 Å². The van der Waals surface area contributed by atoms with Crippen molar-refractivity contribution in [3.8, 4) is 11.3 Å². The number of carbonyl (C=O) groups is 3. The summed E-state index contributed by atoms with van der Waals surface area (Å²) >= 11 is 4.59. The molecule has 296 valence electrons. The number of benzene rings is 1. The maximum Gasteiger partial charge on any atom is 0.329 e. The summed E-state index contributed by atoms with van der Waals surface area (Å²) in [5, 5.41) is 7.01. The number of primary amides is 1. The van der Waals surface area contributed by atoms with Gasteiger partial charge in [-0.05, 0) is 80.4 Å². The van der Waals surface area contributed by atoms with E-state index in [1.807, 2.05) is 32.9 Å². The van der Waals surface area contributed by atoms with Crippen LogP contribution in [0.1, 0.15) is 118 Å². The molecule has 4 unspecified atom stereocenters. The molecule has 0 bridgehead atoms. The molecule has 0 spiro atoms. The summed E-state index contributed by atoms with van der Waals surface area (Å²) < 4.78 is 19.0. The second-order valence-corrected chi connectivity index (χ2v) is 14.4. The lowest BCUT2D eigenvalue weighted by molar-refractivity contribution is -0.568. The van der Waals surface area contributed by atoms with E-state index < -0.39 is 12.7 Å². The van der Waals surface area contributed by atoms with Crippen LogP contribution in [0.15, 0.2) is 29.3 Å². The number of halogens is 1. The van der Waals surface area contributed by atoms with Crippen molar-refractivity contribution in [3.63, 3.8) is 0 Å². The van der Waals surface area contributed by atoms with Gasteiger partial charge in [0.05, 0.1) is 5.69 Å². The van der Waals surface area contributed by atoms with Crippen LogP contribution in [0.25, 0.3) is 11.3 Å². The molecule has 12 heteroatoms. The third kappa shape index (κ3) is 11.4. The molecule has 0 fully saturated rings. The third-order valence-electron chi connectivity index (χ3n) is 10.4. The molecular weight excluding hydrogens is 690 g/mol. The van der Waals surface area contributed by atoms with Gasteiger partial charge >= 0.3 is 6.03 Å². The topological polar surface area (TPSA) is 117 Å². The summed E-state index contributed by atoms with van der Waals surface area (Å²) in [4.78, 5) is 37.9. The largest absolute Gasteiger partial charge is 0.370 e. The van der Waals surface area contributed by atoms with Crippen molar-refractivity contribution in [2.45, 2.75) is 133 Å². The van der Waals surface area contributed by atoms with E-state index in [2.05, 4.69) is 78.7 Å². The second kappa shape index (κ2) is 21.9. The first-order chi connectivity index (χ1) is 25.2. The highest BCUT2D eigenvalue weighted by atomic mass is 32.1. The van der Waals surface area contributed by atoms with Crippen LogP contribution in [0.2, 0.25) is 0 Å². The van der Waals surface area contributed by atoms with Crippen molar-refractivity contribution in [1.29, 1.82) is 0 Å². The Balaban J connectivity index is 0.00000151. The maximum atomic E-state index is 15.0. The van der Waals surface area contributed by atoms with E-state index in [1.54, 1.807) is 18.7 Å². The highest BCUT2D eigenvalue weighted by Gasteiger charge is 2.46. The Bertz CT molecular complexity index is 1590. The molecule has 3 N–H and O–H groups in total. The molecular formula is C41H67FN7O3S+. The number of nitrogens with one attached hydrogen (secondary N) is 1. The van der Waals surface area contributed by atoms with Crippen molar-refractivity contribution < 1.29 is 23.3 Å². The number of aromatic nitrogens is 2. The molecule has 0 aliphatic carbocycles. The lowest BCUT2D eigenvalue weighted by Crippen LogP contribution is -2.46. The van der Waals surface area contributed by atoms with E-state index in [1.165, 1.54) is 41.4 Å². The highest BCUT2D eigenvalue weighted by molar-refractivity contribution is 7.80. The van der Waals surface area contributed by atoms with Crippen LogP contribution < -0.4 is 20.9 Å². The fourth-order valence-electron chi connectivity index (χ4n) is 7.20. The minimum absolute atomic E-state index is 0.0403. The molecule has 0 saturated carbocycles. The van der Waals surface area contributed by atoms with Gasteiger partial charge in [0.15, 0.2) is 11.9 Å². The Kier molecular flexibility index (Phi) is 18.8. The summed E-state index contributed by atoms with van der Waals surface area (Å²) in [6, 6.07) is 5.71. The van der Waals surface area contributed by atoms with Gasteiger partial charge in [-0.15, -0.1) is 0 Å². The summed E-state index contributed by atoms with van der Waals surface area (Å²) in [7, 11) is 1.81. The molecule has 3 heterocycles. The smallest absolute Gasteiger partial charge is 0.329 e. The number of urea groups is 1. The molecule has 2 aliphatic rings. The van der Waals surface area contributed by atoms with E-state index in [-0.39, 0.29) is 30.4 Å². The first-order valence-electron chi connectivity index (χ1n) is 19.5. The van der Waals surface area contributed by atoms with Crippen LogP contribution in [-0.4, -0.2) is 70.0 Å². The predicted octanol–water partition coefficient (Wildman–Crippen LogP) is 8.21. The van der Waals surface area contributed by atoms with Gasteiger partial charge in [0, 0.05) is 68.4 Å². The Morgan fingerprint density at radius 2 is 1.81 bits per heavy atom. The van der Waals surface area contributed by atoms with Crippen LogP contribution in [-0.2, 0) is 29.7 Å². The Hall–Kier alpha value is -3.67. The number of alkyl halides is 1. The molecule has 4 rings (SSSR count). The van der Waals surface area contributed by atoms with Crippen LogP contribution in [0.5, 0.6) is 0 Å². The fraction of sp³-hybridized carbons (Fsp3) is 0.634. The number of hydrogen-bond donors (Lipinski definition) is 3. The molecule has 0 radical (unpaired) electrons. The number of fused-ring (bicyclic) bond motifs is 1. The molecule has 2 aromatic rings. The SMILES string of the molecule is C=[N+]1C(CC(C)C(C)CS)C(C)=C(CCCCC)C1N1CCCc2cc(-c3cc(N(CC)C(=O)NC(=O)CC)nn3C)c(CF)cc21.CC.CC(N)=O. The number of amides is 4. The van der Waals surface area contributed by atoms with Crippen LogP contribution in [0, 0.1) is 11.8 Å². The number of aryl methyl sites for hydroxylation is 2. The monoisotopic (exact) mass is 757 g/mol. The molecule has 4 atom stereocenters. The van der Waals surface area contributed by atoms with E-state index in [0.29, 0.717) is 29.8 Å². The summed E-state index contributed by atoms with van der Waals surface area (Å²) in [6.45, 7) is 23.3. The van der Waals surface area contributed by atoms with Gasteiger partial charge in [0.25, 0.3) is 6.17 Å². The zero-order valence-corrected chi connectivity index (χ0v) is 35.0. The summed E-state index contributed by atoms with van der Waals surface area (Å²) in [5.74, 6) is 1.65. The second-order valence-electron chi connectivity index (χ2n) is 14.1. The van der Waals surface area contributed by atoms with Gasteiger partial charge in [-0.1, -0.05) is 54.4 Å². The highest BCUT2D eigenvalue weighted by Crippen LogP contribution is 2.42. The van der Waals surface area contributed by atoms with Gasteiger partial charge in [0.1, 0.15) is 13.4 Å². The average Bonchev–Trinajstić information content (AvgIpc) is 3.62. The van der Waals surface area contributed by atoms with Gasteiger partial charge < -0.3 is 10.6 Å². The molecule has 53 heavy (non-hydrogen) atoms. The Labute approximate surface area is 323 Å².